The SMILES string of the molecule is COCc1ccc(CNC(=O)CN2CCC(N)C(C)(C)C2)cc1.Cl. The molecule has 0 spiro atoms. The van der Waals surface area contributed by atoms with Gasteiger partial charge in [-0.1, -0.05) is 38.1 Å². The van der Waals surface area contributed by atoms with Crippen LogP contribution in [0.15, 0.2) is 24.3 Å². The zero-order valence-electron chi connectivity index (χ0n) is 14.9. The van der Waals surface area contributed by atoms with E-state index in [0.717, 1.165) is 30.6 Å². The first-order chi connectivity index (χ1) is 10.9. The molecule has 1 aliphatic heterocycles. The van der Waals surface area contributed by atoms with Crippen molar-refractivity contribution in [2.75, 3.05) is 26.7 Å². The molecule has 2 rings (SSSR count). The number of rotatable bonds is 6. The summed E-state index contributed by atoms with van der Waals surface area (Å²) in [6, 6.07) is 8.32. The Balaban J connectivity index is 0.00000288. The van der Waals surface area contributed by atoms with Gasteiger partial charge in [-0.05, 0) is 23.0 Å². The van der Waals surface area contributed by atoms with Gasteiger partial charge in [-0.3, -0.25) is 9.69 Å². The number of amides is 1. The summed E-state index contributed by atoms with van der Waals surface area (Å²) >= 11 is 0. The second-order valence-corrected chi connectivity index (χ2v) is 7.12. The maximum atomic E-state index is 12.1. The molecule has 0 aromatic heterocycles. The third-order valence-electron chi connectivity index (χ3n) is 4.58. The molecular formula is C18H30ClN3O2. The summed E-state index contributed by atoms with van der Waals surface area (Å²) < 4.78 is 5.09. The zero-order chi connectivity index (χ0) is 16.9. The molecule has 1 amide bonds. The highest BCUT2D eigenvalue weighted by Gasteiger charge is 2.33. The number of methoxy groups -OCH3 is 1. The fraction of sp³-hybridized carbons (Fsp3) is 0.611. The van der Waals surface area contributed by atoms with Crippen molar-refractivity contribution in [3.63, 3.8) is 0 Å². The Hall–Kier alpha value is -1.14. The van der Waals surface area contributed by atoms with E-state index in [1.807, 2.05) is 24.3 Å². The molecule has 6 heteroatoms. The minimum Gasteiger partial charge on any atom is -0.380 e. The zero-order valence-corrected chi connectivity index (χ0v) is 15.7. The van der Waals surface area contributed by atoms with E-state index < -0.39 is 0 Å². The summed E-state index contributed by atoms with van der Waals surface area (Å²) in [4.78, 5) is 14.3. The molecular weight excluding hydrogens is 326 g/mol. The van der Waals surface area contributed by atoms with Crippen LogP contribution in [0.4, 0.5) is 0 Å². The average molecular weight is 356 g/mol. The molecule has 0 saturated carbocycles. The minimum atomic E-state index is 0. The third-order valence-corrected chi connectivity index (χ3v) is 4.58. The summed E-state index contributed by atoms with van der Waals surface area (Å²) in [5.41, 5.74) is 8.43. The number of halogens is 1. The number of hydrogen-bond acceptors (Lipinski definition) is 4. The lowest BCUT2D eigenvalue weighted by Gasteiger charge is -2.42. The Bertz CT molecular complexity index is 520. The van der Waals surface area contributed by atoms with Crippen LogP contribution in [-0.2, 0) is 22.7 Å². The topological polar surface area (TPSA) is 67.6 Å². The first-order valence-electron chi connectivity index (χ1n) is 8.22. The predicted octanol–water partition coefficient (Wildman–Crippen LogP) is 1.93. The van der Waals surface area contributed by atoms with Gasteiger partial charge in [0, 0.05) is 32.8 Å². The number of hydrogen-bond donors (Lipinski definition) is 2. The maximum Gasteiger partial charge on any atom is 0.234 e. The van der Waals surface area contributed by atoms with Gasteiger partial charge in [0.15, 0.2) is 0 Å². The summed E-state index contributed by atoms with van der Waals surface area (Å²) in [6.07, 6.45) is 0.946. The van der Waals surface area contributed by atoms with Crippen molar-refractivity contribution < 1.29 is 9.53 Å². The van der Waals surface area contributed by atoms with Crippen LogP contribution in [0, 0.1) is 5.41 Å². The number of carbonyl (C=O) groups excluding carboxylic acids is 1. The van der Waals surface area contributed by atoms with Crippen molar-refractivity contribution in [1.29, 1.82) is 0 Å². The van der Waals surface area contributed by atoms with Gasteiger partial charge in [0.1, 0.15) is 0 Å². The standard InChI is InChI=1S/C18H29N3O2.ClH/c1-18(2)13-21(9-8-16(18)19)11-17(22)20-10-14-4-6-15(7-5-14)12-23-3;/h4-7,16H,8-13,19H2,1-3H3,(H,20,22);1H. The van der Waals surface area contributed by atoms with Gasteiger partial charge in [0.25, 0.3) is 0 Å². The van der Waals surface area contributed by atoms with Crippen molar-refractivity contribution in [2.45, 2.75) is 39.5 Å². The molecule has 1 aromatic carbocycles. The van der Waals surface area contributed by atoms with E-state index in [9.17, 15) is 4.79 Å². The molecule has 1 aromatic rings. The summed E-state index contributed by atoms with van der Waals surface area (Å²) in [5.74, 6) is 0.0669. The van der Waals surface area contributed by atoms with Gasteiger partial charge in [-0.2, -0.15) is 0 Å². The molecule has 3 N–H and O–H groups in total. The van der Waals surface area contributed by atoms with E-state index in [1.54, 1.807) is 7.11 Å². The van der Waals surface area contributed by atoms with Gasteiger partial charge in [-0.15, -0.1) is 12.4 Å². The number of nitrogens with two attached hydrogens (primary N) is 1. The van der Waals surface area contributed by atoms with E-state index in [-0.39, 0.29) is 29.8 Å². The number of ether oxygens (including phenoxy) is 1. The van der Waals surface area contributed by atoms with Crippen LogP contribution in [0.1, 0.15) is 31.4 Å². The van der Waals surface area contributed by atoms with Crippen molar-refractivity contribution >= 4 is 18.3 Å². The number of piperidine rings is 1. The number of nitrogens with zero attached hydrogens (tertiary/aromatic N) is 1. The molecule has 0 bridgehead atoms. The Morgan fingerprint density at radius 3 is 2.54 bits per heavy atom. The second kappa shape index (κ2) is 9.37. The van der Waals surface area contributed by atoms with E-state index in [4.69, 9.17) is 10.5 Å². The highest BCUT2D eigenvalue weighted by molar-refractivity contribution is 5.85. The lowest BCUT2D eigenvalue weighted by atomic mass is 9.80. The fourth-order valence-corrected chi connectivity index (χ4v) is 3.00. The van der Waals surface area contributed by atoms with Gasteiger partial charge in [-0.25, -0.2) is 0 Å². The normalized spacial score (nSPS) is 20.2. The third kappa shape index (κ3) is 6.06. The Labute approximate surface area is 151 Å². The first-order valence-corrected chi connectivity index (χ1v) is 8.22. The lowest BCUT2D eigenvalue weighted by Crippen LogP contribution is -2.54. The van der Waals surface area contributed by atoms with Crippen LogP contribution in [0.2, 0.25) is 0 Å². The molecule has 1 aliphatic rings. The van der Waals surface area contributed by atoms with Crippen LogP contribution >= 0.6 is 12.4 Å². The molecule has 0 aliphatic carbocycles. The van der Waals surface area contributed by atoms with Gasteiger partial charge in [0.05, 0.1) is 13.2 Å². The Kier molecular flexibility index (Phi) is 8.16. The predicted molar refractivity (Wildman–Crippen MR) is 99.1 cm³/mol. The second-order valence-electron chi connectivity index (χ2n) is 7.12. The molecule has 1 saturated heterocycles. The summed E-state index contributed by atoms with van der Waals surface area (Å²) in [6.45, 7) is 7.71. The largest absolute Gasteiger partial charge is 0.380 e. The molecule has 0 radical (unpaired) electrons. The summed E-state index contributed by atoms with van der Waals surface area (Å²) in [5, 5.41) is 2.99. The van der Waals surface area contributed by atoms with E-state index >= 15 is 0 Å². The number of carbonyl (C=O) groups is 1. The molecule has 136 valence electrons. The average Bonchev–Trinajstić information content (AvgIpc) is 2.50. The van der Waals surface area contributed by atoms with Gasteiger partial charge < -0.3 is 15.8 Å². The Morgan fingerprint density at radius 1 is 1.33 bits per heavy atom. The van der Waals surface area contributed by atoms with Crippen LogP contribution in [0.3, 0.4) is 0 Å². The lowest BCUT2D eigenvalue weighted by molar-refractivity contribution is -0.123. The highest BCUT2D eigenvalue weighted by Crippen LogP contribution is 2.27. The molecule has 1 atom stereocenters. The number of likely N-dealkylation sites (tertiary alicyclic amines) is 1. The van der Waals surface area contributed by atoms with Crippen molar-refractivity contribution in [3.8, 4) is 0 Å². The minimum absolute atomic E-state index is 0. The first kappa shape index (κ1) is 20.9. The molecule has 24 heavy (non-hydrogen) atoms. The fourth-order valence-electron chi connectivity index (χ4n) is 3.00. The van der Waals surface area contributed by atoms with E-state index in [0.29, 0.717) is 19.7 Å². The van der Waals surface area contributed by atoms with E-state index in [1.165, 1.54) is 0 Å². The highest BCUT2D eigenvalue weighted by atomic mass is 35.5. The van der Waals surface area contributed by atoms with Crippen LogP contribution in [0.5, 0.6) is 0 Å². The molecule has 5 nitrogen and oxygen atoms in total. The van der Waals surface area contributed by atoms with Crippen molar-refractivity contribution in [3.05, 3.63) is 35.4 Å². The quantitative estimate of drug-likeness (QED) is 0.818. The Morgan fingerprint density at radius 2 is 1.96 bits per heavy atom. The van der Waals surface area contributed by atoms with Crippen LogP contribution < -0.4 is 11.1 Å². The van der Waals surface area contributed by atoms with Crippen molar-refractivity contribution in [2.24, 2.45) is 11.1 Å². The molecule has 1 heterocycles. The molecule has 1 unspecified atom stereocenters. The molecule has 1 fully saturated rings. The van der Waals surface area contributed by atoms with Gasteiger partial charge in [0.2, 0.25) is 5.91 Å². The number of nitrogens with one attached hydrogen (secondary N) is 1. The van der Waals surface area contributed by atoms with Crippen LogP contribution in [-0.4, -0.2) is 43.6 Å². The van der Waals surface area contributed by atoms with Crippen LogP contribution in [0.25, 0.3) is 0 Å². The monoisotopic (exact) mass is 355 g/mol. The maximum absolute atomic E-state index is 12.1. The smallest absolute Gasteiger partial charge is 0.234 e. The summed E-state index contributed by atoms with van der Waals surface area (Å²) in [7, 11) is 1.68. The van der Waals surface area contributed by atoms with Crippen molar-refractivity contribution in [1.82, 2.24) is 10.2 Å². The van der Waals surface area contributed by atoms with E-state index in [2.05, 4.69) is 24.1 Å². The van der Waals surface area contributed by atoms with Gasteiger partial charge >= 0.3 is 0 Å². The number of benzene rings is 1.